The van der Waals surface area contributed by atoms with E-state index in [0.29, 0.717) is 11.0 Å². The lowest BCUT2D eigenvalue weighted by atomic mass is 10.1. The molecule has 0 spiro atoms. The van der Waals surface area contributed by atoms with Crippen molar-refractivity contribution < 1.29 is 9.90 Å². The summed E-state index contributed by atoms with van der Waals surface area (Å²) < 4.78 is 1.72. The molecule has 0 amide bonds. The van der Waals surface area contributed by atoms with Gasteiger partial charge in [-0.15, -0.1) is 0 Å². The molecule has 0 saturated carbocycles. The van der Waals surface area contributed by atoms with Gasteiger partial charge in [0, 0.05) is 17.9 Å². The molecular weight excluding hydrogens is 232 g/mol. The number of fused-ring (bicyclic) bond motifs is 1. The molecular formula is C13H14N2O3. The molecule has 5 heteroatoms. The second-order valence-corrected chi connectivity index (χ2v) is 4.50. The molecule has 0 aliphatic carbocycles. The van der Waals surface area contributed by atoms with Crippen molar-refractivity contribution in [2.45, 2.75) is 26.8 Å². The third-order valence-corrected chi connectivity index (χ3v) is 2.80. The molecule has 2 aromatic heterocycles. The number of carboxylic acid groups (broad SMARTS) is 1. The van der Waals surface area contributed by atoms with E-state index < -0.39 is 11.4 Å². The first-order valence-electron chi connectivity index (χ1n) is 5.67. The summed E-state index contributed by atoms with van der Waals surface area (Å²) in [5.74, 6) is -1.21. The van der Waals surface area contributed by atoms with Crippen LogP contribution in [0.3, 0.4) is 0 Å². The first-order valence-corrected chi connectivity index (χ1v) is 5.67. The Kier molecular flexibility index (Phi) is 2.90. The van der Waals surface area contributed by atoms with Crippen LogP contribution in [-0.4, -0.2) is 20.6 Å². The molecule has 2 heterocycles. The quantitative estimate of drug-likeness (QED) is 0.879. The minimum Gasteiger partial charge on any atom is -0.477 e. The van der Waals surface area contributed by atoms with Gasteiger partial charge < -0.3 is 9.67 Å². The molecule has 0 saturated heterocycles. The van der Waals surface area contributed by atoms with Crippen molar-refractivity contribution in [2.24, 2.45) is 0 Å². The first-order chi connectivity index (χ1) is 8.41. The number of hydrogen-bond donors (Lipinski definition) is 1. The lowest BCUT2D eigenvalue weighted by molar-refractivity contribution is 0.0695. The van der Waals surface area contributed by atoms with E-state index >= 15 is 0 Å². The van der Waals surface area contributed by atoms with Crippen LogP contribution in [-0.2, 0) is 0 Å². The van der Waals surface area contributed by atoms with Crippen LogP contribution in [0, 0.1) is 6.92 Å². The molecule has 0 bridgehead atoms. The predicted molar refractivity (Wildman–Crippen MR) is 68.1 cm³/mol. The van der Waals surface area contributed by atoms with Gasteiger partial charge in [-0.25, -0.2) is 9.78 Å². The van der Waals surface area contributed by atoms with Crippen molar-refractivity contribution >= 4 is 17.0 Å². The van der Waals surface area contributed by atoms with Gasteiger partial charge in [-0.1, -0.05) is 0 Å². The molecule has 5 nitrogen and oxygen atoms in total. The highest BCUT2D eigenvalue weighted by Crippen LogP contribution is 2.15. The second-order valence-electron chi connectivity index (χ2n) is 4.50. The van der Waals surface area contributed by atoms with Gasteiger partial charge in [0.1, 0.15) is 11.2 Å². The van der Waals surface area contributed by atoms with Gasteiger partial charge >= 0.3 is 5.97 Å². The Labute approximate surface area is 104 Å². The number of aryl methyl sites for hydroxylation is 1. The van der Waals surface area contributed by atoms with Crippen molar-refractivity contribution in [1.82, 2.24) is 9.55 Å². The number of nitrogens with zero attached hydrogens (tertiary/aromatic N) is 2. The summed E-state index contributed by atoms with van der Waals surface area (Å²) in [4.78, 5) is 27.4. The van der Waals surface area contributed by atoms with Gasteiger partial charge in [0.2, 0.25) is 5.43 Å². The number of aromatic carboxylic acids is 1. The monoisotopic (exact) mass is 246 g/mol. The maximum atomic E-state index is 12.0. The Morgan fingerprint density at radius 2 is 2.06 bits per heavy atom. The molecule has 2 rings (SSSR count). The minimum atomic E-state index is -1.21. The fourth-order valence-corrected chi connectivity index (χ4v) is 1.87. The molecule has 18 heavy (non-hydrogen) atoms. The Morgan fingerprint density at radius 1 is 1.39 bits per heavy atom. The van der Waals surface area contributed by atoms with Gasteiger partial charge in [-0.05, 0) is 32.9 Å². The van der Waals surface area contributed by atoms with Crippen molar-refractivity contribution in [3.63, 3.8) is 0 Å². The van der Waals surface area contributed by atoms with Gasteiger partial charge in [-0.2, -0.15) is 0 Å². The van der Waals surface area contributed by atoms with E-state index in [-0.39, 0.29) is 11.6 Å². The van der Waals surface area contributed by atoms with Crippen LogP contribution in [0.4, 0.5) is 0 Å². The highest BCUT2D eigenvalue weighted by molar-refractivity contribution is 5.91. The zero-order chi connectivity index (χ0) is 13.4. The summed E-state index contributed by atoms with van der Waals surface area (Å²) >= 11 is 0. The summed E-state index contributed by atoms with van der Waals surface area (Å²) in [6.45, 7) is 5.67. The van der Waals surface area contributed by atoms with Crippen molar-refractivity contribution in [2.75, 3.05) is 0 Å². The first kappa shape index (κ1) is 12.3. The zero-order valence-electron chi connectivity index (χ0n) is 10.5. The van der Waals surface area contributed by atoms with Crippen LogP contribution in [0.25, 0.3) is 11.0 Å². The third kappa shape index (κ3) is 1.88. The van der Waals surface area contributed by atoms with E-state index in [1.165, 1.54) is 6.20 Å². The number of aromatic nitrogens is 2. The standard InChI is InChI=1S/C13H14N2O3/c1-7(2)15-6-10(13(17)18)11(16)9-5-4-8(3)14-12(9)15/h4-7H,1-3H3,(H,17,18). The lowest BCUT2D eigenvalue weighted by Crippen LogP contribution is -2.20. The maximum Gasteiger partial charge on any atom is 0.341 e. The lowest BCUT2D eigenvalue weighted by Gasteiger charge is -2.15. The van der Waals surface area contributed by atoms with Crippen LogP contribution >= 0.6 is 0 Å². The van der Waals surface area contributed by atoms with Crippen LogP contribution in [0.15, 0.2) is 23.1 Å². The van der Waals surface area contributed by atoms with E-state index in [1.54, 1.807) is 16.7 Å². The molecule has 2 aromatic rings. The highest BCUT2D eigenvalue weighted by Gasteiger charge is 2.16. The number of hydrogen-bond acceptors (Lipinski definition) is 3. The molecule has 0 aromatic carbocycles. The Bertz CT molecular complexity index is 686. The summed E-state index contributed by atoms with van der Waals surface area (Å²) in [7, 11) is 0. The zero-order valence-corrected chi connectivity index (χ0v) is 10.5. The fourth-order valence-electron chi connectivity index (χ4n) is 1.87. The Balaban J connectivity index is 2.97. The van der Waals surface area contributed by atoms with Crippen LogP contribution in [0.2, 0.25) is 0 Å². The van der Waals surface area contributed by atoms with E-state index in [2.05, 4.69) is 4.98 Å². The topological polar surface area (TPSA) is 72.2 Å². The third-order valence-electron chi connectivity index (χ3n) is 2.80. The Morgan fingerprint density at radius 3 is 2.61 bits per heavy atom. The average molecular weight is 246 g/mol. The van der Waals surface area contributed by atoms with Crippen LogP contribution in [0.5, 0.6) is 0 Å². The molecule has 94 valence electrons. The maximum absolute atomic E-state index is 12.0. The summed E-state index contributed by atoms with van der Waals surface area (Å²) in [6.07, 6.45) is 1.37. The highest BCUT2D eigenvalue weighted by atomic mass is 16.4. The SMILES string of the molecule is Cc1ccc2c(=O)c(C(=O)O)cn(C(C)C)c2n1. The Hall–Kier alpha value is -2.17. The largest absolute Gasteiger partial charge is 0.477 e. The fraction of sp³-hybridized carbons (Fsp3) is 0.308. The average Bonchev–Trinajstić information content (AvgIpc) is 2.28. The molecule has 0 fully saturated rings. The van der Waals surface area contributed by atoms with Crippen molar-refractivity contribution in [3.05, 3.63) is 39.8 Å². The number of carboxylic acids is 1. The molecule has 0 radical (unpaired) electrons. The smallest absolute Gasteiger partial charge is 0.341 e. The molecule has 0 aliphatic heterocycles. The molecule has 0 aliphatic rings. The number of rotatable bonds is 2. The molecule has 1 N–H and O–H groups in total. The van der Waals surface area contributed by atoms with Gasteiger partial charge in [0.15, 0.2) is 0 Å². The van der Waals surface area contributed by atoms with E-state index in [9.17, 15) is 9.59 Å². The van der Waals surface area contributed by atoms with Gasteiger partial charge in [0.25, 0.3) is 0 Å². The van der Waals surface area contributed by atoms with Crippen molar-refractivity contribution in [1.29, 1.82) is 0 Å². The molecule has 0 atom stereocenters. The number of carbonyl (C=O) groups is 1. The summed E-state index contributed by atoms with van der Waals surface area (Å²) in [5, 5.41) is 9.39. The van der Waals surface area contributed by atoms with E-state index in [4.69, 9.17) is 5.11 Å². The van der Waals surface area contributed by atoms with E-state index in [1.807, 2.05) is 20.8 Å². The summed E-state index contributed by atoms with van der Waals surface area (Å²) in [5.41, 5.74) is 0.614. The van der Waals surface area contributed by atoms with Gasteiger partial charge in [-0.3, -0.25) is 4.79 Å². The predicted octanol–water partition coefficient (Wildman–Crippen LogP) is 1.98. The van der Waals surface area contributed by atoms with Crippen LogP contribution < -0.4 is 5.43 Å². The summed E-state index contributed by atoms with van der Waals surface area (Å²) in [6, 6.07) is 3.37. The molecule has 0 unspecified atom stereocenters. The van der Waals surface area contributed by atoms with Gasteiger partial charge in [0.05, 0.1) is 5.39 Å². The second kappa shape index (κ2) is 4.25. The van der Waals surface area contributed by atoms with Crippen LogP contribution in [0.1, 0.15) is 35.9 Å². The van der Waals surface area contributed by atoms with Crippen molar-refractivity contribution in [3.8, 4) is 0 Å². The van der Waals surface area contributed by atoms with E-state index in [0.717, 1.165) is 5.69 Å². The number of pyridine rings is 2. The minimum absolute atomic E-state index is 0.0282. The normalized spacial score (nSPS) is 11.1.